The summed E-state index contributed by atoms with van der Waals surface area (Å²) < 4.78 is 0. The number of piperazine rings is 1. The molecule has 2 aromatic carbocycles. The number of anilines is 2. The van der Waals surface area contributed by atoms with Gasteiger partial charge in [0.05, 0.1) is 17.1 Å². The normalized spacial score (nSPS) is 14.8. The van der Waals surface area contributed by atoms with Crippen LogP contribution in [-0.2, 0) is 11.2 Å². The Labute approximate surface area is 141 Å². The Hall–Kier alpha value is -2.20. The third-order valence-electron chi connectivity index (χ3n) is 4.16. The summed E-state index contributed by atoms with van der Waals surface area (Å²) in [5.41, 5.74) is 8.43. The second-order valence-electron chi connectivity index (χ2n) is 5.74. The number of hydrogen-bond acceptors (Lipinski definition) is 3. The Morgan fingerprint density at radius 2 is 1.65 bits per heavy atom. The van der Waals surface area contributed by atoms with Crippen LogP contribution in [0.2, 0.25) is 5.02 Å². The molecule has 0 aliphatic carbocycles. The Morgan fingerprint density at radius 3 is 2.30 bits per heavy atom. The van der Waals surface area contributed by atoms with Crippen LogP contribution in [0.1, 0.15) is 5.56 Å². The number of rotatable bonds is 3. The second kappa shape index (κ2) is 6.92. The summed E-state index contributed by atoms with van der Waals surface area (Å²) in [7, 11) is 0. The van der Waals surface area contributed by atoms with Crippen molar-refractivity contribution >= 4 is 28.9 Å². The summed E-state index contributed by atoms with van der Waals surface area (Å²) in [5.74, 6) is 0.161. The molecular weight excluding hydrogens is 310 g/mol. The summed E-state index contributed by atoms with van der Waals surface area (Å²) in [6.07, 6.45) is 0.423. The van der Waals surface area contributed by atoms with Gasteiger partial charge in [0.15, 0.2) is 0 Å². The van der Waals surface area contributed by atoms with Crippen LogP contribution < -0.4 is 10.6 Å². The maximum Gasteiger partial charge on any atom is 0.227 e. The Balaban J connectivity index is 1.57. The topological polar surface area (TPSA) is 49.6 Å². The molecule has 1 saturated heterocycles. The molecule has 23 heavy (non-hydrogen) atoms. The average Bonchev–Trinajstić information content (AvgIpc) is 2.57. The zero-order valence-electron chi connectivity index (χ0n) is 12.9. The highest BCUT2D eigenvalue weighted by Crippen LogP contribution is 2.26. The van der Waals surface area contributed by atoms with Gasteiger partial charge in [-0.1, -0.05) is 35.9 Å². The Morgan fingerprint density at radius 1 is 1.00 bits per heavy atom. The van der Waals surface area contributed by atoms with Crippen molar-refractivity contribution in [3.63, 3.8) is 0 Å². The number of carbonyl (C=O) groups excluding carboxylic acids is 1. The first kappa shape index (κ1) is 15.7. The van der Waals surface area contributed by atoms with Gasteiger partial charge in [-0.15, -0.1) is 0 Å². The fraction of sp³-hybridized carbons (Fsp3) is 0.278. The molecule has 0 bridgehead atoms. The third-order valence-corrected chi connectivity index (χ3v) is 4.48. The van der Waals surface area contributed by atoms with Gasteiger partial charge in [0.1, 0.15) is 0 Å². The van der Waals surface area contributed by atoms with Gasteiger partial charge in [0, 0.05) is 31.9 Å². The molecular formula is C18H20ClN3O. The van der Waals surface area contributed by atoms with E-state index in [0.29, 0.717) is 6.42 Å². The number of carbonyl (C=O) groups is 1. The van der Waals surface area contributed by atoms with E-state index in [0.717, 1.165) is 48.1 Å². The Bertz CT molecular complexity index is 679. The van der Waals surface area contributed by atoms with E-state index in [9.17, 15) is 4.79 Å². The summed E-state index contributed by atoms with van der Waals surface area (Å²) in [4.78, 5) is 16.6. The maximum absolute atomic E-state index is 12.4. The molecule has 1 amide bonds. The summed E-state index contributed by atoms with van der Waals surface area (Å²) in [6, 6.07) is 15.3. The standard InChI is InChI=1S/C18H20ClN3O/c19-16-3-1-2-4-17(16)21-9-11-22(12-10-21)18(23)13-14-5-7-15(20)8-6-14/h1-8H,9-13,20H2. The maximum atomic E-state index is 12.4. The van der Waals surface area contributed by atoms with Crippen molar-refractivity contribution in [1.82, 2.24) is 4.90 Å². The van der Waals surface area contributed by atoms with E-state index in [-0.39, 0.29) is 5.91 Å². The van der Waals surface area contributed by atoms with Crippen molar-refractivity contribution in [1.29, 1.82) is 0 Å². The van der Waals surface area contributed by atoms with Crippen molar-refractivity contribution < 1.29 is 4.79 Å². The van der Waals surface area contributed by atoms with Crippen LogP contribution in [0.4, 0.5) is 11.4 Å². The number of benzene rings is 2. The van der Waals surface area contributed by atoms with Crippen LogP contribution in [0, 0.1) is 0 Å². The van der Waals surface area contributed by atoms with Crippen molar-refractivity contribution in [3.8, 4) is 0 Å². The highest BCUT2D eigenvalue weighted by atomic mass is 35.5. The molecule has 0 radical (unpaired) electrons. The minimum atomic E-state index is 0.161. The van der Waals surface area contributed by atoms with Crippen LogP contribution in [0.15, 0.2) is 48.5 Å². The molecule has 2 N–H and O–H groups in total. The van der Waals surface area contributed by atoms with Gasteiger partial charge < -0.3 is 15.5 Å². The minimum absolute atomic E-state index is 0.161. The zero-order chi connectivity index (χ0) is 16.2. The molecule has 2 aromatic rings. The number of halogens is 1. The van der Waals surface area contributed by atoms with Crippen LogP contribution in [0.5, 0.6) is 0 Å². The summed E-state index contributed by atoms with van der Waals surface area (Å²) >= 11 is 6.24. The molecule has 3 rings (SSSR count). The number of nitrogens with zero attached hydrogens (tertiary/aromatic N) is 2. The van der Waals surface area contributed by atoms with Gasteiger partial charge in [0.2, 0.25) is 5.91 Å². The minimum Gasteiger partial charge on any atom is -0.399 e. The molecule has 5 heteroatoms. The predicted octanol–water partition coefficient (Wildman–Crippen LogP) is 2.81. The smallest absolute Gasteiger partial charge is 0.227 e. The van der Waals surface area contributed by atoms with E-state index in [1.807, 2.05) is 53.4 Å². The molecule has 0 aromatic heterocycles. The molecule has 120 valence electrons. The first-order valence-corrected chi connectivity index (χ1v) is 8.13. The van der Waals surface area contributed by atoms with Gasteiger partial charge >= 0.3 is 0 Å². The van der Waals surface area contributed by atoms with Crippen LogP contribution >= 0.6 is 11.6 Å². The van der Waals surface area contributed by atoms with E-state index in [2.05, 4.69) is 4.90 Å². The highest BCUT2D eigenvalue weighted by molar-refractivity contribution is 6.33. The molecule has 0 spiro atoms. The molecule has 1 fully saturated rings. The fourth-order valence-electron chi connectivity index (χ4n) is 2.83. The Kier molecular flexibility index (Phi) is 4.72. The molecule has 1 heterocycles. The largest absolute Gasteiger partial charge is 0.399 e. The average molecular weight is 330 g/mol. The lowest BCUT2D eigenvalue weighted by Gasteiger charge is -2.36. The second-order valence-corrected chi connectivity index (χ2v) is 6.14. The number of para-hydroxylation sites is 1. The van der Waals surface area contributed by atoms with Crippen molar-refractivity contribution in [2.24, 2.45) is 0 Å². The number of hydrogen-bond donors (Lipinski definition) is 1. The van der Waals surface area contributed by atoms with Gasteiger partial charge in [-0.2, -0.15) is 0 Å². The molecule has 0 unspecified atom stereocenters. The molecule has 1 aliphatic rings. The van der Waals surface area contributed by atoms with Crippen LogP contribution in [0.3, 0.4) is 0 Å². The van der Waals surface area contributed by atoms with E-state index in [4.69, 9.17) is 17.3 Å². The number of nitrogens with two attached hydrogens (primary N) is 1. The van der Waals surface area contributed by atoms with Gasteiger partial charge in [-0.3, -0.25) is 4.79 Å². The van der Waals surface area contributed by atoms with Gasteiger partial charge in [-0.05, 0) is 29.8 Å². The zero-order valence-corrected chi connectivity index (χ0v) is 13.7. The monoisotopic (exact) mass is 329 g/mol. The van der Waals surface area contributed by atoms with Crippen molar-refractivity contribution in [3.05, 3.63) is 59.1 Å². The van der Waals surface area contributed by atoms with E-state index < -0.39 is 0 Å². The van der Waals surface area contributed by atoms with Crippen molar-refractivity contribution in [2.75, 3.05) is 36.8 Å². The molecule has 4 nitrogen and oxygen atoms in total. The lowest BCUT2D eigenvalue weighted by atomic mass is 10.1. The van der Waals surface area contributed by atoms with Gasteiger partial charge in [0.25, 0.3) is 0 Å². The third kappa shape index (κ3) is 3.77. The first-order valence-electron chi connectivity index (χ1n) is 7.75. The fourth-order valence-corrected chi connectivity index (χ4v) is 3.08. The van der Waals surface area contributed by atoms with E-state index >= 15 is 0 Å². The SMILES string of the molecule is Nc1ccc(CC(=O)N2CCN(c3ccccc3Cl)CC2)cc1. The summed E-state index contributed by atoms with van der Waals surface area (Å²) in [6.45, 7) is 3.05. The van der Waals surface area contributed by atoms with Crippen molar-refractivity contribution in [2.45, 2.75) is 6.42 Å². The lowest BCUT2D eigenvalue weighted by Crippen LogP contribution is -2.49. The van der Waals surface area contributed by atoms with E-state index in [1.165, 1.54) is 0 Å². The molecule has 0 atom stereocenters. The van der Waals surface area contributed by atoms with Crippen LogP contribution in [0.25, 0.3) is 0 Å². The van der Waals surface area contributed by atoms with E-state index in [1.54, 1.807) is 0 Å². The summed E-state index contributed by atoms with van der Waals surface area (Å²) in [5, 5.41) is 0.758. The number of nitrogen functional groups attached to an aromatic ring is 1. The number of amides is 1. The van der Waals surface area contributed by atoms with Gasteiger partial charge in [-0.25, -0.2) is 0 Å². The lowest BCUT2D eigenvalue weighted by molar-refractivity contribution is -0.130. The molecule has 1 aliphatic heterocycles. The quantitative estimate of drug-likeness (QED) is 0.881. The highest BCUT2D eigenvalue weighted by Gasteiger charge is 2.22. The predicted molar refractivity (Wildman–Crippen MR) is 94.8 cm³/mol. The first-order chi connectivity index (χ1) is 11.1. The van der Waals surface area contributed by atoms with Crippen LogP contribution in [-0.4, -0.2) is 37.0 Å². The molecule has 0 saturated carbocycles.